The predicted molar refractivity (Wildman–Crippen MR) is 100 cm³/mol. The van der Waals surface area contributed by atoms with Gasteiger partial charge in [-0.3, -0.25) is 9.69 Å². The van der Waals surface area contributed by atoms with Crippen molar-refractivity contribution in [3.05, 3.63) is 35.6 Å². The lowest BCUT2D eigenvalue weighted by atomic mass is 9.82. The van der Waals surface area contributed by atoms with Crippen molar-refractivity contribution in [1.82, 2.24) is 15.1 Å². The largest absolute Gasteiger partial charge is 0.339 e. The average molecular weight is 359 g/mol. The summed E-state index contributed by atoms with van der Waals surface area (Å²) in [5.41, 5.74) is 0.782. The zero-order chi connectivity index (χ0) is 17.9. The van der Waals surface area contributed by atoms with Crippen LogP contribution in [0.3, 0.4) is 0 Å². The van der Waals surface area contributed by atoms with Gasteiger partial charge in [-0.2, -0.15) is 0 Å². The van der Waals surface area contributed by atoms with Crippen LogP contribution in [0.5, 0.6) is 0 Å². The number of likely N-dealkylation sites (tertiary alicyclic amines) is 2. The van der Waals surface area contributed by atoms with Gasteiger partial charge in [0.05, 0.1) is 0 Å². The van der Waals surface area contributed by atoms with E-state index in [-0.39, 0.29) is 5.82 Å². The lowest BCUT2D eigenvalue weighted by Gasteiger charge is -2.48. The summed E-state index contributed by atoms with van der Waals surface area (Å²) in [7, 11) is 0. The highest BCUT2D eigenvalue weighted by Gasteiger charge is 2.40. The third-order valence-electron chi connectivity index (χ3n) is 6.49. The Hall–Kier alpha value is -1.46. The van der Waals surface area contributed by atoms with E-state index in [1.165, 1.54) is 12.8 Å². The number of rotatable bonds is 4. The van der Waals surface area contributed by atoms with Gasteiger partial charge >= 0.3 is 0 Å². The van der Waals surface area contributed by atoms with Gasteiger partial charge in [-0.05, 0) is 56.7 Å². The molecule has 0 spiro atoms. The average Bonchev–Trinajstić information content (AvgIpc) is 2.67. The van der Waals surface area contributed by atoms with Gasteiger partial charge < -0.3 is 10.2 Å². The highest BCUT2D eigenvalue weighted by molar-refractivity contribution is 5.77. The van der Waals surface area contributed by atoms with Crippen LogP contribution in [0.15, 0.2) is 24.3 Å². The smallest absolute Gasteiger partial charge is 0.222 e. The Morgan fingerprint density at radius 1 is 1.12 bits per heavy atom. The van der Waals surface area contributed by atoms with E-state index >= 15 is 0 Å². The Labute approximate surface area is 155 Å². The summed E-state index contributed by atoms with van der Waals surface area (Å²) in [6, 6.07) is 7.47. The van der Waals surface area contributed by atoms with Crippen LogP contribution < -0.4 is 5.32 Å². The van der Waals surface area contributed by atoms with E-state index in [4.69, 9.17) is 0 Å². The van der Waals surface area contributed by atoms with Gasteiger partial charge in [-0.15, -0.1) is 0 Å². The Kier molecular flexibility index (Phi) is 5.55. The topological polar surface area (TPSA) is 35.6 Å². The van der Waals surface area contributed by atoms with Crippen molar-refractivity contribution < 1.29 is 9.18 Å². The Balaban J connectivity index is 1.38. The minimum atomic E-state index is -0.110. The predicted octanol–water partition coefficient (Wildman–Crippen LogP) is 2.64. The summed E-state index contributed by atoms with van der Waals surface area (Å²) in [4.78, 5) is 17.2. The van der Waals surface area contributed by atoms with Crippen molar-refractivity contribution in [2.24, 2.45) is 11.8 Å². The highest BCUT2D eigenvalue weighted by atomic mass is 19.1. The number of hydrogen-bond donors (Lipinski definition) is 1. The second-order valence-corrected chi connectivity index (χ2v) is 8.22. The molecule has 3 aliphatic rings. The van der Waals surface area contributed by atoms with Crippen LogP contribution >= 0.6 is 0 Å². The minimum absolute atomic E-state index is 0.110. The monoisotopic (exact) mass is 359 g/mol. The molecule has 4 rings (SSSR count). The first-order chi connectivity index (χ1) is 12.7. The number of nitrogens with zero attached hydrogens (tertiary/aromatic N) is 2. The van der Waals surface area contributed by atoms with Crippen LogP contribution in [0.1, 0.15) is 37.7 Å². The van der Waals surface area contributed by atoms with Crippen LogP contribution in [-0.4, -0.2) is 54.5 Å². The van der Waals surface area contributed by atoms with Crippen LogP contribution in [0, 0.1) is 17.7 Å². The molecule has 0 saturated carbocycles. The number of hydrogen-bond acceptors (Lipinski definition) is 3. The summed E-state index contributed by atoms with van der Waals surface area (Å²) in [5, 5.41) is 3.41. The van der Waals surface area contributed by atoms with Gasteiger partial charge in [-0.1, -0.05) is 18.2 Å². The van der Waals surface area contributed by atoms with Gasteiger partial charge in [0, 0.05) is 44.2 Å². The van der Waals surface area contributed by atoms with E-state index in [9.17, 15) is 9.18 Å². The fraction of sp³-hybridized carbons (Fsp3) is 0.667. The van der Waals surface area contributed by atoms with Crippen LogP contribution in [0.4, 0.5) is 4.39 Å². The molecule has 3 heterocycles. The van der Waals surface area contributed by atoms with Crippen molar-refractivity contribution in [1.29, 1.82) is 0 Å². The third-order valence-corrected chi connectivity index (χ3v) is 6.49. The third kappa shape index (κ3) is 3.94. The number of carbonyl (C=O) groups excluding carboxylic acids is 1. The van der Waals surface area contributed by atoms with Gasteiger partial charge in [0.1, 0.15) is 5.82 Å². The summed E-state index contributed by atoms with van der Waals surface area (Å²) in [6.07, 6.45) is 5.05. The molecular formula is C21H30FN3O. The molecule has 2 atom stereocenters. The molecule has 0 unspecified atom stereocenters. The summed E-state index contributed by atoms with van der Waals surface area (Å²) in [5.74, 6) is 1.43. The van der Waals surface area contributed by atoms with Crippen LogP contribution in [0.2, 0.25) is 0 Å². The first-order valence-electron chi connectivity index (χ1n) is 10.2. The van der Waals surface area contributed by atoms with Gasteiger partial charge in [0.2, 0.25) is 5.91 Å². The molecule has 3 fully saturated rings. The van der Waals surface area contributed by atoms with Gasteiger partial charge in [-0.25, -0.2) is 4.39 Å². The van der Waals surface area contributed by atoms with E-state index in [0.717, 1.165) is 51.1 Å². The van der Waals surface area contributed by atoms with Gasteiger partial charge in [0.25, 0.3) is 0 Å². The summed E-state index contributed by atoms with van der Waals surface area (Å²) in [6.45, 7) is 5.71. The van der Waals surface area contributed by atoms with E-state index in [2.05, 4.69) is 15.1 Å². The Bertz CT molecular complexity index is 631. The number of carbonyl (C=O) groups is 1. The van der Waals surface area contributed by atoms with Crippen molar-refractivity contribution in [2.45, 2.75) is 44.7 Å². The number of amides is 1. The molecule has 3 saturated heterocycles. The number of halogens is 1. The normalized spacial score (nSPS) is 28.2. The maximum atomic E-state index is 14.0. The maximum Gasteiger partial charge on any atom is 0.222 e. The molecule has 5 heteroatoms. The highest BCUT2D eigenvalue weighted by Crippen LogP contribution is 2.33. The molecule has 4 nitrogen and oxygen atoms in total. The Morgan fingerprint density at radius 3 is 2.73 bits per heavy atom. The fourth-order valence-electron chi connectivity index (χ4n) is 5.02. The second kappa shape index (κ2) is 8.05. The number of piperidine rings is 3. The SMILES string of the molecule is O=C1CC[C@@H]2CN(Cc3ccccc3F)CC[C@@H]2N1CC1CCNCC1. The molecular weight excluding hydrogens is 329 g/mol. The molecule has 1 aromatic rings. The van der Waals surface area contributed by atoms with Crippen molar-refractivity contribution in [3.8, 4) is 0 Å². The molecule has 0 bridgehead atoms. The molecule has 1 N–H and O–H groups in total. The molecule has 1 aromatic carbocycles. The molecule has 1 amide bonds. The molecule has 0 aromatic heterocycles. The molecule has 0 radical (unpaired) electrons. The maximum absolute atomic E-state index is 14.0. The summed E-state index contributed by atoms with van der Waals surface area (Å²) >= 11 is 0. The number of nitrogens with one attached hydrogen (secondary N) is 1. The molecule has 142 valence electrons. The van der Waals surface area contributed by atoms with E-state index in [0.29, 0.717) is 36.8 Å². The second-order valence-electron chi connectivity index (χ2n) is 8.22. The molecule has 0 aliphatic carbocycles. The number of fused-ring (bicyclic) bond motifs is 1. The number of benzene rings is 1. The van der Waals surface area contributed by atoms with E-state index < -0.39 is 0 Å². The minimum Gasteiger partial charge on any atom is -0.339 e. The van der Waals surface area contributed by atoms with Crippen molar-refractivity contribution in [2.75, 3.05) is 32.7 Å². The Morgan fingerprint density at radius 2 is 1.92 bits per heavy atom. The molecule has 26 heavy (non-hydrogen) atoms. The lowest BCUT2D eigenvalue weighted by Crippen LogP contribution is -2.57. The fourth-order valence-corrected chi connectivity index (χ4v) is 5.02. The summed E-state index contributed by atoms with van der Waals surface area (Å²) < 4.78 is 14.0. The van der Waals surface area contributed by atoms with Crippen LogP contribution in [-0.2, 0) is 11.3 Å². The van der Waals surface area contributed by atoms with E-state index in [1.54, 1.807) is 12.1 Å². The van der Waals surface area contributed by atoms with Crippen molar-refractivity contribution in [3.63, 3.8) is 0 Å². The lowest BCUT2D eigenvalue weighted by molar-refractivity contribution is -0.142. The zero-order valence-electron chi connectivity index (χ0n) is 15.5. The zero-order valence-corrected chi connectivity index (χ0v) is 15.5. The van der Waals surface area contributed by atoms with Crippen molar-refractivity contribution >= 4 is 5.91 Å². The molecule has 3 aliphatic heterocycles. The quantitative estimate of drug-likeness (QED) is 0.898. The first-order valence-corrected chi connectivity index (χ1v) is 10.2. The standard InChI is InChI=1S/C21H30FN3O/c22-19-4-2-1-3-17(19)14-24-12-9-20-18(15-24)5-6-21(26)25(20)13-16-7-10-23-11-8-16/h1-4,16,18,20,23H,5-15H2/t18-,20+/m1/s1. The van der Waals surface area contributed by atoms with Gasteiger partial charge in [0.15, 0.2) is 0 Å². The first kappa shape index (κ1) is 17.9. The van der Waals surface area contributed by atoms with E-state index in [1.807, 2.05) is 12.1 Å². The van der Waals surface area contributed by atoms with Crippen LogP contribution in [0.25, 0.3) is 0 Å².